The van der Waals surface area contributed by atoms with E-state index in [1.54, 1.807) is 0 Å². The maximum absolute atomic E-state index is 13.2. The molecule has 0 rings (SSSR count). The van der Waals surface area contributed by atoms with Crippen LogP contribution in [0, 0.1) is 0 Å². The molecule has 0 aliphatic carbocycles. The van der Waals surface area contributed by atoms with Crippen molar-refractivity contribution in [3.63, 3.8) is 0 Å². The van der Waals surface area contributed by atoms with Gasteiger partial charge in [-0.25, -0.2) is 9.24 Å². The second-order valence-electron chi connectivity index (χ2n) is 7.07. The lowest BCUT2D eigenvalue weighted by Gasteiger charge is -2.30. The Morgan fingerprint density at radius 1 is 0.667 bits per heavy atom. The summed E-state index contributed by atoms with van der Waals surface area (Å²) in [5.74, 6) is 0. The smallest absolute Gasteiger partial charge is 0.394 e. The Labute approximate surface area is 167 Å². The standard InChI is InChI=1S/C20H44NO5P/c1-3-5-7-9-11-13-15-21(16-14-12-10-8-6-4-2)27(24,25-19-17-22)26-20-18-23/h22-23H,3-20H2,1-2H3. The number of aliphatic hydroxyl groups excluding tert-OH is 2. The fourth-order valence-electron chi connectivity index (χ4n) is 3.02. The van der Waals surface area contributed by atoms with Crippen LogP contribution in [0.5, 0.6) is 0 Å². The van der Waals surface area contributed by atoms with Crippen LogP contribution < -0.4 is 0 Å². The Morgan fingerprint density at radius 2 is 1.04 bits per heavy atom. The molecule has 0 spiro atoms. The van der Waals surface area contributed by atoms with Gasteiger partial charge in [0.25, 0.3) is 0 Å². The zero-order valence-corrected chi connectivity index (χ0v) is 18.6. The van der Waals surface area contributed by atoms with Crippen LogP contribution in [0.1, 0.15) is 90.9 Å². The van der Waals surface area contributed by atoms with Crippen LogP contribution in [0.25, 0.3) is 0 Å². The molecule has 0 aliphatic rings. The fourth-order valence-corrected chi connectivity index (χ4v) is 4.82. The minimum absolute atomic E-state index is 0.0216. The third-order valence-electron chi connectivity index (χ3n) is 4.58. The molecule has 0 aromatic rings. The molecule has 0 saturated heterocycles. The zero-order valence-electron chi connectivity index (χ0n) is 17.7. The SMILES string of the molecule is CCCCCCCCN(CCCCCCCC)P(=O)(OCCO)OCCO. The molecule has 27 heavy (non-hydrogen) atoms. The Bertz CT molecular complexity index is 329. The Morgan fingerprint density at radius 3 is 1.41 bits per heavy atom. The van der Waals surface area contributed by atoms with Crippen molar-refractivity contribution in [2.24, 2.45) is 0 Å². The summed E-state index contributed by atoms with van der Waals surface area (Å²) in [5, 5.41) is 18.1. The van der Waals surface area contributed by atoms with E-state index < -0.39 is 7.75 Å². The zero-order chi connectivity index (χ0) is 20.2. The van der Waals surface area contributed by atoms with E-state index in [-0.39, 0.29) is 26.4 Å². The van der Waals surface area contributed by atoms with Gasteiger partial charge in [0, 0.05) is 13.1 Å². The molecule has 2 N–H and O–H groups in total. The highest BCUT2D eigenvalue weighted by Crippen LogP contribution is 2.52. The first-order chi connectivity index (χ1) is 13.1. The third kappa shape index (κ3) is 14.7. The van der Waals surface area contributed by atoms with E-state index in [1.807, 2.05) is 4.67 Å². The van der Waals surface area contributed by atoms with E-state index in [2.05, 4.69) is 13.8 Å². The summed E-state index contributed by atoms with van der Waals surface area (Å²) in [5.41, 5.74) is 0. The highest BCUT2D eigenvalue weighted by atomic mass is 31.2. The lowest BCUT2D eigenvalue weighted by Crippen LogP contribution is -2.27. The summed E-state index contributed by atoms with van der Waals surface area (Å²) >= 11 is 0. The lowest BCUT2D eigenvalue weighted by atomic mass is 10.1. The molecule has 0 aromatic heterocycles. The van der Waals surface area contributed by atoms with Gasteiger partial charge in [0.05, 0.1) is 26.4 Å². The van der Waals surface area contributed by atoms with Gasteiger partial charge in [-0.05, 0) is 12.8 Å². The average Bonchev–Trinajstić information content (AvgIpc) is 2.68. The molecule has 0 amide bonds. The summed E-state index contributed by atoms with van der Waals surface area (Å²) in [6.07, 6.45) is 14.0. The predicted molar refractivity (Wildman–Crippen MR) is 112 cm³/mol. The van der Waals surface area contributed by atoms with E-state index in [0.717, 1.165) is 25.7 Å². The van der Waals surface area contributed by atoms with Crippen LogP contribution >= 0.6 is 7.75 Å². The van der Waals surface area contributed by atoms with E-state index in [0.29, 0.717) is 13.1 Å². The van der Waals surface area contributed by atoms with Gasteiger partial charge >= 0.3 is 7.75 Å². The molecule has 0 heterocycles. The third-order valence-corrected chi connectivity index (χ3v) is 6.69. The lowest BCUT2D eigenvalue weighted by molar-refractivity contribution is 0.111. The first-order valence-electron chi connectivity index (χ1n) is 11.0. The largest absolute Gasteiger partial charge is 0.408 e. The molecule has 0 saturated carbocycles. The molecule has 6 nitrogen and oxygen atoms in total. The van der Waals surface area contributed by atoms with E-state index in [1.165, 1.54) is 51.4 Å². The van der Waals surface area contributed by atoms with Gasteiger partial charge in [-0.3, -0.25) is 9.05 Å². The molecule has 0 aliphatic heterocycles. The number of hydrogen-bond acceptors (Lipinski definition) is 5. The van der Waals surface area contributed by atoms with Crippen molar-refractivity contribution in [1.82, 2.24) is 4.67 Å². The van der Waals surface area contributed by atoms with Crippen molar-refractivity contribution >= 4 is 7.75 Å². The second-order valence-corrected chi connectivity index (χ2v) is 9.09. The van der Waals surface area contributed by atoms with Crippen molar-refractivity contribution in [3.8, 4) is 0 Å². The minimum Gasteiger partial charge on any atom is -0.394 e. The molecule has 0 aromatic carbocycles. The van der Waals surface area contributed by atoms with Crippen LogP contribution in [0.2, 0.25) is 0 Å². The topological polar surface area (TPSA) is 79.2 Å². The van der Waals surface area contributed by atoms with Gasteiger partial charge in [-0.2, -0.15) is 0 Å². The van der Waals surface area contributed by atoms with Gasteiger partial charge in [0.2, 0.25) is 0 Å². The fraction of sp³-hybridized carbons (Fsp3) is 1.00. The summed E-state index contributed by atoms with van der Waals surface area (Å²) in [4.78, 5) is 0. The monoisotopic (exact) mass is 409 g/mol. The Kier molecular flexibility index (Phi) is 19.4. The number of unbranched alkanes of at least 4 members (excludes halogenated alkanes) is 10. The van der Waals surface area contributed by atoms with Crippen LogP contribution in [-0.2, 0) is 13.6 Å². The summed E-state index contributed by atoms with van der Waals surface area (Å²) in [7, 11) is -3.47. The second kappa shape index (κ2) is 19.4. The van der Waals surface area contributed by atoms with Gasteiger partial charge in [-0.1, -0.05) is 78.1 Å². The molecule has 0 radical (unpaired) electrons. The molecule has 0 atom stereocenters. The normalized spacial score (nSPS) is 12.2. The minimum atomic E-state index is -3.47. The maximum atomic E-state index is 13.2. The van der Waals surface area contributed by atoms with Gasteiger partial charge in [0.1, 0.15) is 0 Å². The molecule has 0 fully saturated rings. The summed E-state index contributed by atoms with van der Waals surface area (Å²) < 4.78 is 25.9. The summed E-state index contributed by atoms with van der Waals surface area (Å²) in [6.45, 7) is 5.29. The van der Waals surface area contributed by atoms with Crippen molar-refractivity contribution in [2.75, 3.05) is 39.5 Å². The van der Waals surface area contributed by atoms with Crippen molar-refractivity contribution < 1.29 is 23.8 Å². The van der Waals surface area contributed by atoms with Crippen LogP contribution in [0.3, 0.4) is 0 Å². The average molecular weight is 410 g/mol. The van der Waals surface area contributed by atoms with E-state index in [9.17, 15) is 4.57 Å². The van der Waals surface area contributed by atoms with Crippen molar-refractivity contribution in [3.05, 3.63) is 0 Å². The van der Waals surface area contributed by atoms with Gasteiger partial charge in [-0.15, -0.1) is 0 Å². The first-order valence-corrected chi connectivity index (χ1v) is 12.5. The molecule has 0 bridgehead atoms. The summed E-state index contributed by atoms with van der Waals surface area (Å²) in [6, 6.07) is 0. The number of hydrogen-bond donors (Lipinski definition) is 2. The molecule has 0 unspecified atom stereocenters. The van der Waals surface area contributed by atoms with Gasteiger partial charge < -0.3 is 10.2 Å². The van der Waals surface area contributed by atoms with E-state index in [4.69, 9.17) is 19.3 Å². The van der Waals surface area contributed by atoms with Crippen molar-refractivity contribution in [2.45, 2.75) is 90.9 Å². The molecule has 164 valence electrons. The number of rotatable bonds is 21. The predicted octanol–water partition coefficient (Wildman–Crippen LogP) is 5.14. The van der Waals surface area contributed by atoms with Crippen LogP contribution in [0.15, 0.2) is 0 Å². The highest BCUT2D eigenvalue weighted by Gasteiger charge is 2.32. The first kappa shape index (κ1) is 27.0. The van der Waals surface area contributed by atoms with Crippen LogP contribution in [-0.4, -0.2) is 54.4 Å². The Hall–Kier alpha value is 0.0300. The van der Waals surface area contributed by atoms with Crippen LogP contribution in [0.4, 0.5) is 0 Å². The maximum Gasteiger partial charge on any atom is 0.408 e. The molecular weight excluding hydrogens is 365 g/mol. The number of aliphatic hydroxyl groups is 2. The van der Waals surface area contributed by atoms with Gasteiger partial charge in [0.15, 0.2) is 0 Å². The van der Waals surface area contributed by atoms with E-state index >= 15 is 0 Å². The van der Waals surface area contributed by atoms with Crippen molar-refractivity contribution in [1.29, 1.82) is 0 Å². The quantitative estimate of drug-likeness (QED) is 0.202. The highest BCUT2D eigenvalue weighted by molar-refractivity contribution is 7.51. The molecular formula is C20H44NO5P. The number of nitrogens with zero attached hydrogens (tertiary/aromatic N) is 1. The Balaban J connectivity index is 4.60. The molecule has 7 heteroatoms.